The van der Waals surface area contributed by atoms with E-state index < -0.39 is 201 Å². The van der Waals surface area contributed by atoms with Crippen molar-refractivity contribution in [2.75, 3.05) is 26.3 Å². The molecule has 0 radical (unpaired) electrons. The minimum atomic E-state index is -4.69. The molecule has 8 aliphatic rings. The van der Waals surface area contributed by atoms with Crippen LogP contribution in [0.2, 0.25) is 0 Å². The summed E-state index contributed by atoms with van der Waals surface area (Å²) in [6.07, 6.45) is -15.2. The van der Waals surface area contributed by atoms with E-state index in [-0.39, 0.29) is 37.9 Å². The van der Waals surface area contributed by atoms with E-state index in [4.69, 9.17) is 81.5 Å². The molecule has 4 unspecified atom stereocenters. The number of rotatable bonds is 16. The van der Waals surface area contributed by atoms with Gasteiger partial charge in [-0.1, -0.05) is 72.8 Å². The number of nitrogens with zero attached hydrogens (tertiary/aromatic N) is 4. The van der Waals surface area contributed by atoms with Crippen LogP contribution >= 0.6 is 31.3 Å². The Balaban J connectivity index is 0.000000140. The highest BCUT2D eigenvalue weighted by molar-refractivity contribution is 7.49. The fourth-order valence-electron chi connectivity index (χ4n) is 12.2. The van der Waals surface area contributed by atoms with Gasteiger partial charge in [-0.2, -0.15) is 0 Å². The van der Waals surface area contributed by atoms with E-state index in [9.17, 15) is 77.0 Å². The van der Waals surface area contributed by atoms with Crippen molar-refractivity contribution in [3.63, 3.8) is 0 Å². The number of nitrogens with one attached hydrogen (secondary N) is 4. The molecule has 40 nitrogen and oxygen atoms in total. The molecule has 4 saturated heterocycles. The van der Waals surface area contributed by atoms with E-state index in [2.05, 4.69) is 0 Å². The first-order chi connectivity index (χ1) is 56.9. The number of aryl methyl sites for hydroxylation is 4. The third-order valence-corrected chi connectivity index (χ3v) is 22.7. The molecule has 12 heterocycles. The normalized spacial score (nSPS) is 33.6. The number of H-pyrrole nitrogens is 4. The molecule has 0 aliphatic carbocycles. The molecular weight excluding hydrogens is 1640 g/mol. The van der Waals surface area contributed by atoms with Gasteiger partial charge in [-0.3, -0.25) is 93.6 Å². The molecule has 8 aromatic rings. The second-order valence-corrected chi connectivity index (χ2v) is 32.8. The largest absolute Gasteiger partial charge is 0.530 e. The van der Waals surface area contributed by atoms with Crippen LogP contribution in [-0.2, 0) is 99.8 Å². The third-order valence-electron chi connectivity index (χ3n) is 17.7. The summed E-state index contributed by atoms with van der Waals surface area (Å²) in [7, 11) is -17.6. The minimum absolute atomic E-state index is 0.0353. The van der Waals surface area contributed by atoms with E-state index in [0.29, 0.717) is 64.1 Å². The monoisotopic (exact) mass is 1720 g/mol. The van der Waals surface area contributed by atoms with Gasteiger partial charge >= 0.3 is 54.0 Å². The van der Waals surface area contributed by atoms with Crippen molar-refractivity contribution < 1.29 is 138 Å². The summed E-state index contributed by atoms with van der Waals surface area (Å²) in [6.45, 7) is -2.62. The van der Waals surface area contributed by atoms with Gasteiger partial charge in [0.15, 0.2) is 24.9 Å². The third kappa shape index (κ3) is 19.2. The maximum Gasteiger partial charge on any atom is 0.530 e. The lowest BCUT2D eigenvalue weighted by atomic mass is 10.1. The first-order valence-electron chi connectivity index (χ1n) is 37.3. The number of aliphatic hydroxyl groups excluding tert-OH is 4. The lowest BCUT2D eigenvalue weighted by Gasteiger charge is -2.28. The molecule has 4 fully saturated rings. The first-order valence-corrected chi connectivity index (χ1v) is 40.1. The Labute approximate surface area is 656 Å². The number of benzene rings is 4. The molecule has 16 rings (SSSR count). The Morgan fingerprint density at radius 1 is 0.397 bits per heavy atom. The molecule has 8 N–H and O–H groups in total. The summed E-state index contributed by atoms with van der Waals surface area (Å²) in [4.78, 5) is 100. The summed E-state index contributed by atoms with van der Waals surface area (Å²) in [5.74, 6) is -11.3. The smallest absolute Gasteiger partial charge is 0.403 e. The minimum Gasteiger partial charge on any atom is -0.403 e. The van der Waals surface area contributed by atoms with Gasteiger partial charge in [0.05, 0.1) is 34.7 Å². The number of para-hydroxylation sites is 4. The van der Waals surface area contributed by atoms with Crippen molar-refractivity contribution in [3.8, 4) is 23.0 Å². The van der Waals surface area contributed by atoms with Crippen LogP contribution in [0.3, 0.4) is 0 Å². The van der Waals surface area contributed by atoms with Crippen LogP contribution in [0.4, 0.5) is 17.6 Å². The number of aromatic amines is 4. The van der Waals surface area contributed by atoms with Crippen molar-refractivity contribution in [3.05, 3.63) is 250 Å². The van der Waals surface area contributed by atoms with E-state index in [1.807, 2.05) is 19.9 Å². The van der Waals surface area contributed by atoms with Gasteiger partial charge in [-0.25, -0.2) is 55.0 Å². The highest BCUT2D eigenvalue weighted by Crippen LogP contribution is 2.61. The Hall–Kier alpha value is -9.20. The lowest BCUT2D eigenvalue weighted by molar-refractivity contribution is -0.179. The molecule has 0 amide bonds. The number of alkyl halides is 4. The summed E-state index contributed by atoms with van der Waals surface area (Å²) in [6, 6.07) is 24.3. The zero-order chi connectivity index (χ0) is 88.7. The summed E-state index contributed by atoms with van der Waals surface area (Å²) < 4.78 is 245. The van der Waals surface area contributed by atoms with Crippen LogP contribution in [0.5, 0.6) is 23.0 Å². The van der Waals surface area contributed by atoms with Gasteiger partial charge < -0.3 is 57.5 Å². The molecule has 624 valence electrons. The topological polar surface area (TPSA) is 516 Å². The van der Waals surface area contributed by atoms with Gasteiger partial charge in [-0.15, -0.1) is 0 Å². The maximum absolute atomic E-state index is 15.6. The van der Waals surface area contributed by atoms with Crippen LogP contribution in [0, 0.1) is 27.7 Å². The number of hydrogen-bond donors (Lipinski definition) is 8. The molecule has 0 saturated carbocycles. The van der Waals surface area contributed by atoms with Crippen LogP contribution in [0.15, 0.2) is 160 Å². The number of fused-ring (bicyclic) bond motifs is 4. The van der Waals surface area contributed by atoms with E-state index >= 15 is 17.6 Å². The van der Waals surface area contributed by atoms with Gasteiger partial charge in [0.25, 0.3) is 22.2 Å². The van der Waals surface area contributed by atoms with Crippen molar-refractivity contribution in [1.82, 2.24) is 38.2 Å². The molecule has 0 spiro atoms. The van der Waals surface area contributed by atoms with E-state index in [1.54, 1.807) is 100 Å². The van der Waals surface area contributed by atoms with Gasteiger partial charge in [0, 0.05) is 97.0 Å². The Bertz CT molecular complexity index is 6130. The van der Waals surface area contributed by atoms with Crippen molar-refractivity contribution in [2.45, 2.75) is 153 Å². The molecule has 4 aromatic carbocycles. The number of aliphatic hydroxyl groups is 4. The highest BCUT2D eigenvalue weighted by atomic mass is 31.2. The Morgan fingerprint density at radius 2 is 0.655 bits per heavy atom. The van der Waals surface area contributed by atoms with Gasteiger partial charge in [-0.05, 0) is 49.9 Å². The fraction of sp³-hybridized carbons (Fsp3) is 0.412. The molecule has 4 aromatic heterocycles. The number of aromatic nitrogens is 8. The zero-order valence-electron chi connectivity index (χ0n) is 66.4. The summed E-state index contributed by atoms with van der Waals surface area (Å²) >= 11 is 0. The van der Waals surface area contributed by atoms with Crippen LogP contribution in [0.1, 0.15) is 103 Å². The lowest BCUT2D eigenvalue weighted by Crippen LogP contribution is -2.35. The van der Waals surface area contributed by atoms with Crippen LogP contribution in [-0.4, -0.2) is 133 Å². The molecular formula is C68H72F4N8O32P4. The first kappa shape index (κ1) is 76.8. The maximum atomic E-state index is 15.6. The second-order valence-electron chi connectivity index (χ2n) is 26.5. The number of phosphoric ester groups is 4. The zero-order valence-corrected chi connectivity index (χ0v) is 64.0. The van der Waals surface area contributed by atoms with Crippen molar-refractivity contribution >= 4 is 31.3 Å². The number of phosphoric acid groups is 4. The highest BCUT2D eigenvalue weighted by Gasteiger charge is 2.55. The average molecular weight is 1720 g/mol. The van der Waals surface area contributed by atoms with Crippen molar-refractivity contribution in [1.29, 1.82) is 0 Å². The molecule has 16 atom stereocenters. The molecule has 48 heteroatoms. The van der Waals surface area contributed by atoms with Crippen LogP contribution in [0.25, 0.3) is 0 Å². The standard InChI is InChI=1S/4C17H18FN2O8P/c4*1-10-3-2-4-11-8-25-29(24,28-14(10)11)26-9-17(18)7-12(21)15(27-17)20-6-5-13(22)19-16(20)23/h4*2-6,12,15,21H,7-9H2,1H3,(H,19,22,23)/t4*12-,15-,17+,29?/m1111/s1/i9D2,15D;15D;9D2;. The van der Waals surface area contributed by atoms with Crippen molar-refractivity contribution in [2.24, 2.45) is 0 Å². The molecule has 116 heavy (non-hydrogen) atoms. The second kappa shape index (κ2) is 33.3. The number of hydrogen-bond acceptors (Lipinski definition) is 32. The van der Waals surface area contributed by atoms with Crippen LogP contribution < -0.4 is 63.1 Å². The van der Waals surface area contributed by atoms with E-state index in [1.165, 1.54) is 0 Å². The number of halogens is 4. The SMILES string of the molecule is Cc1cccc2c1OP(=O)(OC[C@]1(F)C[C@@H](O)[C@H](n3ccc(=O)[nH]c3=O)O1)OC2.[2H]C([2H])(OP1(=O)OCc2cccc(C)c2O1)[C@]1(F)C[C@@H](O)[C@H](n2ccc(=O)[nH]c2=O)O1.[2H]C([2H])(OP1(=O)OCc2cccc(C)c2O1)[C@]1(F)C[C@@H](O)[C@]([2H])(n2ccc(=O)[nH]c2=O)O1.[2H][C@@]1(n2ccc(=O)[nH]c2=O)O[C@](F)(COP2(=O)OCc3cccc(C)c3O2)C[C@H]1O. The predicted molar refractivity (Wildman–Crippen MR) is 384 cm³/mol. The average Bonchev–Trinajstić information content (AvgIpc) is 1.57. The molecule has 8 aliphatic heterocycles. The van der Waals surface area contributed by atoms with Gasteiger partial charge in [0.2, 0.25) is 23.4 Å². The van der Waals surface area contributed by atoms with E-state index in [0.717, 1.165) is 59.2 Å². The fourth-order valence-corrected chi connectivity index (χ4v) is 17.1. The Kier molecular flexibility index (Phi) is 22.0. The van der Waals surface area contributed by atoms with Gasteiger partial charge in [0.1, 0.15) is 73.7 Å². The number of ether oxygens (including phenoxy) is 4. The quantitative estimate of drug-likeness (QED) is 0.0400. The summed E-state index contributed by atoms with van der Waals surface area (Å²) in [5.41, 5.74) is -2.10. The predicted octanol–water partition coefficient (Wildman–Crippen LogP) is 6.10. The Morgan fingerprint density at radius 3 is 0.983 bits per heavy atom. The summed E-state index contributed by atoms with van der Waals surface area (Å²) in [5, 5.41) is 40.8. The molecule has 0 bridgehead atoms.